The van der Waals surface area contributed by atoms with E-state index in [9.17, 15) is 4.79 Å². The van der Waals surface area contributed by atoms with E-state index in [1.807, 2.05) is 24.3 Å². The molecule has 1 heteroatoms. The minimum absolute atomic E-state index is 0.598. The Morgan fingerprint density at radius 1 is 1.05 bits per heavy atom. The molecule has 0 N–H and O–H groups in total. The van der Waals surface area contributed by atoms with Crippen molar-refractivity contribution in [1.29, 1.82) is 0 Å². The van der Waals surface area contributed by atoms with Crippen molar-refractivity contribution >= 4 is 6.29 Å². The highest BCUT2D eigenvalue weighted by Crippen LogP contribution is 2.26. The average Bonchev–Trinajstić information content (AvgIpc) is 2.47. The second kappa shape index (κ2) is 6.33. The molecule has 0 aromatic heterocycles. The predicted octanol–water partition coefficient (Wildman–Crippen LogP) is 5.07. The summed E-state index contributed by atoms with van der Waals surface area (Å²) in [4.78, 5) is 11.1. The lowest BCUT2D eigenvalue weighted by atomic mass is 9.93. The first-order valence-electron chi connectivity index (χ1n) is 6.90. The average molecular weight is 252 g/mol. The van der Waals surface area contributed by atoms with E-state index in [1.54, 1.807) is 0 Å². The molecule has 0 aliphatic heterocycles. The molecule has 0 fully saturated rings. The van der Waals surface area contributed by atoms with Crippen LogP contribution in [0.4, 0.5) is 0 Å². The molecule has 0 aliphatic carbocycles. The Morgan fingerprint density at radius 3 is 2.37 bits per heavy atom. The van der Waals surface area contributed by atoms with Crippen LogP contribution < -0.4 is 0 Å². The van der Waals surface area contributed by atoms with Gasteiger partial charge in [0.2, 0.25) is 0 Å². The molecule has 0 amide bonds. The SMILES string of the molecule is CCCC(C)c1ccc(-c2ccccc2C=O)cc1. The minimum atomic E-state index is 0.598. The van der Waals surface area contributed by atoms with E-state index in [-0.39, 0.29) is 0 Å². The van der Waals surface area contributed by atoms with Gasteiger partial charge in [-0.2, -0.15) is 0 Å². The predicted molar refractivity (Wildman–Crippen MR) is 80.6 cm³/mol. The Balaban J connectivity index is 2.30. The highest BCUT2D eigenvalue weighted by Gasteiger charge is 2.06. The van der Waals surface area contributed by atoms with Gasteiger partial charge in [-0.05, 0) is 29.0 Å². The molecular formula is C18H20O. The number of carbonyl (C=O) groups is 1. The summed E-state index contributed by atoms with van der Waals surface area (Å²) in [5.41, 5.74) is 4.23. The number of hydrogen-bond donors (Lipinski definition) is 0. The van der Waals surface area contributed by atoms with Gasteiger partial charge in [-0.1, -0.05) is 68.8 Å². The lowest BCUT2D eigenvalue weighted by molar-refractivity contribution is 0.112. The van der Waals surface area contributed by atoms with Gasteiger partial charge in [-0.25, -0.2) is 0 Å². The number of rotatable bonds is 5. The van der Waals surface area contributed by atoms with Crippen LogP contribution in [0.2, 0.25) is 0 Å². The molecule has 1 nitrogen and oxygen atoms in total. The van der Waals surface area contributed by atoms with Gasteiger partial charge >= 0.3 is 0 Å². The molecule has 0 saturated heterocycles. The highest BCUT2D eigenvalue weighted by molar-refractivity contribution is 5.87. The minimum Gasteiger partial charge on any atom is -0.298 e. The van der Waals surface area contributed by atoms with Crippen LogP contribution in [-0.2, 0) is 0 Å². The third-order valence-electron chi connectivity index (χ3n) is 3.60. The third-order valence-corrected chi connectivity index (χ3v) is 3.60. The molecule has 2 rings (SSSR count). The number of benzene rings is 2. The number of hydrogen-bond acceptors (Lipinski definition) is 1. The zero-order valence-corrected chi connectivity index (χ0v) is 11.6. The molecular weight excluding hydrogens is 232 g/mol. The largest absolute Gasteiger partial charge is 0.298 e. The van der Waals surface area contributed by atoms with Crippen LogP contribution in [0.25, 0.3) is 11.1 Å². The monoisotopic (exact) mass is 252 g/mol. The zero-order chi connectivity index (χ0) is 13.7. The van der Waals surface area contributed by atoms with E-state index in [1.165, 1.54) is 18.4 Å². The molecule has 0 radical (unpaired) electrons. The summed E-state index contributed by atoms with van der Waals surface area (Å²) < 4.78 is 0. The van der Waals surface area contributed by atoms with Crippen molar-refractivity contribution in [3.8, 4) is 11.1 Å². The molecule has 1 atom stereocenters. The van der Waals surface area contributed by atoms with Crippen LogP contribution in [0, 0.1) is 0 Å². The summed E-state index contributed by atoms with van der Waals surface area (Å²) in [6.07, 6.45) is 3.34. The topological polar surface area (TPSA) is 17.1 Å². The lowest BCUT2D eigenvalue weighted by Gasteiger charge is -2.12. The molecule has 1 unspecified atom stereocenters. The summed E-state index contributed by atoms with van der Waals surface area (Å²) in [6.45, 7) is 4.48. The summed E-state index contributed by atoms with van der Waals surface area (Å²) in [6, 6.07) is 16.3. The van der Waals surface area contributed by atoms with Crippen LogP contribution in [-0.4, -0.2) is 6.29 Å². The molecule has 19 heavy (non-hydrogen) atoms. The van der Waals surface area contributed by atoms with E-state index < -0.39 is 0 Å². The van der Waals surface area contributed by atoms with E-state index >= 15 is 0 Å². The fourth-order valence-corrected chi connectivity index (χ4v) is 2.45. The number of carbonyl (C=O) groups excluding carboxylic acids is 1. The molecule has 0 saturated carbocycles. The summed E-state index contributed by atoms with van der Waals surface area (Å²) in [5, 5.41) is 0. The van der Waals surface area contributed by atoms with Gasteiger partial charge < -0.3 is 0 Å². The Morgan fingerprint density at radius 2 is 1.74 bits per heavy atom. The van der Waals surface area contributed by atoms with Crippen LogP contribution in [0.3, 0.4) is 0 Å². The lowest BCUT2D eigenvalue weighted by Crippen LogP contribution is -1.93. The van der Waals surface area contributed by atoms with Gasteiger partial charge in [0.15, 0.2) is 6.29 Å². The standard InChI is InChI=1S/C18H20O/c1-3-6-14(2)15-9-11-16(12-10-15)18-8-5-4-7-17(18)13-19/h4-5,7-14H,3,6H2,1-2H3. The molecule has 2 aromatic rings. The fourth-order valence-electron chi connectivity index (χ4n) is 2.45. The fraction of sp³-hybridized carbons (Fsp3) is 0.278. The Bertz CT molecular complexity index is 540. The first-order chi connectivity index (χ1) is 9.26. The first kappa shape index (κ1) is 13.5. The third kappa shape index (κ3) is 3.11. The van der Waals surface area contributed by atoms with E-state index in [0.717, 1.165) is 23.0 Å². The molecule has 0 aliphatic rings. The van der Waals surface area contributed by atoms with Crippen molar-refractivity contribution in [3.63, 3.8) is 0 Å². The molecule has 0 spiro atoms. The van der Waals surface area contributed by atoms with Crippen molar-refractivity contribution in [3.05, 3.63) is 59.7 Å². The van der Waals surface area contributed by atoms with Crippen molar-refractivity contribution in [2.75, 3.05) is 0 Å². The van der Waals surface area contributed by atoms with Gasteiger partial charge in [0.25, 0.3) is 0 Å². The second-order valence-corrected chi connectivity index (χ2v) is 5.02. The molecule has 98 valence electrons. The van der Waals surface area contributed by atoms with Gasteiger partial charge in [0.05, 0.1) is 0 Å². The summed E-state index contributed by atoms with van der Waals surface area (Å²) in [7, 11) is 0. The van der Waals surface area contributed by atoms with Crippen LogP contribution in [0.5, 0.6) is 0 Å². The van der Waals surface area contributed by atoms with Crippen molar-refractivity contribution < 1.29 is 4.79 Å². The number of aldehydes is 1. The van der Waals surface area contributed by atoms with Gasteiger partial charge in [-0.3, -0.25) is 4.79 Å². The van der Waals surface area contributed by atoms with Gasteiger partial charge in [0.1, 0.15) is 0 Å². The quantitative estimate of drug-likeness (QED) is 0.679. The Kier molecular flexibility index (Phi) is 4.51. The van der Waals surface area contributed by atoms with Crippen molar-refractivity contribution in [2.24, 2.45) is 0 Å². The normalized spacial score (nSPS) is 12.1. The van der Waals surface area contributed by atoms with Crippen LogP contribution in [0.1, 0.15) is 48.5 Å². The smallest absolute Gasteiger partial charge is 0.150 e. The maximum absolute atomic E-state index is 11.1. The second-order valence-electron chi connectivity index (χ2n) is 5.02. The van der Waals surface area contributed by atoms with Crippen molar-refractivity contribution in [2.45, 2.75) is 32.6 Å². The summed E-state index contributed by atoms with van der Waals surface area (Å²) >= 11 is 0. The van der Waals surface area contributed by atoms with E-state index in [2.05, 4.69) is 38.1 Å². The zero-order valence-electron chi connectivity index (χ0n) is 11.6. The molecule has 0 bridgehead atoms. The van der Waals surface area contributed by atoms with Crippen LogP contribution >= 0.6 is 0 Å². The maximum Gasteiger partial charge on any atom is 0.150 e. The molecule has 0 heterocycles. The Hall–Kier alpha value is -1.89. The van der Waals surface area contributed by atoms with Crippen molar-refractivity contribution in [1.82, 2.24) is 0 Å². The highest BCUT2D eigenvalue weighted by atomic mass is 16.1. The maximum atomic E-state index is 11.1. The first-order valence-corrected chi connectivity index (χ1v) is 6.90. The van der Waals surface area contributed by atoms with E-state index in [4.69, 9.17) is 0 Å². The van der Waals surface area contributed by atoms with Gasteiger partial charge in [0, 0.05) is 5.56 Å². The van der Waals surface area contributed by atoms with Crippen LogP contribution in [0.15, 0.2) is 48.5 Å². The van der Waals surface area contributed by atoms with Gasteiger partial charge in [-0.15, -0.1) is 0 Å². The van der Waals surface area contributed by atoms with E-state index in [0.29, 0.717) is 5.92 Å². The summed E-state index contributed by atoms with van der Waals surface area (Å²) in [5.74, 6) is 0.598. The molecule has 2 aromatic carbocycles. The Labute approximate surface area is 115 Å².